The van der Waals surface area contributed by atoms with E-state index in [1.54, 1.807) is 18.2 Å². The Morgan fingerprint density at radius 2 is 1.89 bits per heavy atom. The highest BCUT2D eigenvalue weighted by Crippen LogP contribution is 2.57. The van der Waals surface area contributed by atoms with E-state index in [1.807, 2.05) is 12.1 Å². The Balaban J connectivity index is 1.31. The lowest BCUT2D eigenvalue weighted by molar-refractivity contribution is -0.192. The van der Waals surface area contributed by atoms with Crippen LogP contribution in [0.5, 0.6) is 0 Å². The molecule has 2 aliphatic rings. The fourth-order valence-corrected chi connectivity index (χ4v) is 4.84. The molecule has 35 heavy (non-hydrogen) atoms. The van der Waals surface area contributed by atoms with Crippen molar-refractivity contribution >= 4 is 45.8 Å². The number of nitrogens with zero attached hydrogens (tertiary/aromatic N) is 2. The van der Waals surface area contributed by atoms with Gasteiger partial charge in [0.15, 0.2) is 0 Å². The van der Waals surface area contributed by atoms with Gasteiger partial charge < -0.3 is 19.9 Å². The summed E-state index contributed by atoms with van der Waals surface area (Å²) < 4.78 is 44.9. The van der Waals surface area contributed by atoms with E-state index in [1.165, 1.54) is 0 Å². The summed E-state index contributed by atoms with van der Waals surface area (Å²) in [5.74, 6) is -0.306. The monoisotopic (exact) mass is 526 g/mol. The topological polar surface area (TPSA) is 70.2 Å². The molecule has 0 radical (unpaired) electrons. The molecule has 1 saturated carbocycles. The minimum Gasteiger partial charge on any atom is -0.378 e. The van der Waals surface area contributed by atoms with Crippen LogP contribution in [-0.4, -0.2) is 48.4 Å². The van der Waals surface area contributed by atoms with Crippen molar-refractivity contribution in [1.29, 1.82) is 0 Å². The Hall–Kier alpha value is -2.49. The maximum atomic E-state index is 13.2. The van der Waals surface area contributed by atoms with Gasteiger partial charge in [-0.25, -0.2) is 4.98 Å². The third-order valence-electron chi connectivity index (χ3n) is 6.60. The van der Waals surface area contributed by atoms with Crippen LogP contribution in [0.4, 0.5) is 18.9 Å². The van der Waals surface area contributed by atoms with E-state index >= 15 is 0 Å². The molecule has 1 aliphatic heterocycles. The number of imidazole rings is 1. The first-order valence-corrected chi connectivity index (χ1v) is 12.0. The van der Waals surface area contributed by atoms with Crippen LogP contribution in [0.3, 0.4) is 0 Å². The van der Waals surface area contributed by atoms with E-state index in [4.69, 9.17) is 32.9 Å². The van der Waals surface area contributed by atoms with E-state index in [-0.39, 0.29) is 19.4 Å². The second kappa shape index (κ2) is 9.19. The van der Waals surface area contributed by atoms with Crippen molar-refractivity contribution < 1.29 is 22.7 Å². The highest BCUT2D eigenvalue weighted by molar-refractivity contribution is 6.34. The smallest absolute Gasteiger partial charge is 0.378 e. The number of anilines is 1. The minimum atomic E-state index is -4.53. The first-order valence-electron chi connectivity index (χ1n) is 11.3. The van der Waals surface area contributed by atoms with Crippen molar-refractivity contribution in [2.24, 2.45) is 5.41 Å². The first-order chi connectivity index (χ1) is 16.7. The molecular formula is C24H23Cl2F3N4O2. The third-order valence-corrected chi connectivity index (χ3v) is 7.27. The summed E-state index contributed by atoms with van der Waals surface area (Å²) in [5, 5.41) is 3.55. The molecule has 1 amide bonds. The molecule has 3 aromatic rings. The standard InChI is InChI=1S/C24H23Cl2F3N4O2/c25-16-2-1-14(13-30-22(34)23(3-4-23)24(27,28)29)9-15(16)10-21-31-18-11-17(26)20(12-19(18)32-21)33-5-7-35-8-6-33/h1-2,9,11-12H,3-8,10,13H2,(H,30,34)(H,31,32). The minimum absolute atomic E-state index is 0.0144. The fraction of sp³-hybridized carbons (Fsp3) is 0.417. The fourth-order valence-electron chi connectivity index (χ4n) is 4.37. The van der Waals surface area contributed by atoms with Crippen molar-refractivity contribution in [3.05, 3.63) is 57.3 Å². The molecule has 0 atom stereocenters. The zero-order valence-electron chi connectivity index (χ0n) is 18.6. The molecule has 0 bridgehead atoms. The van der Waals surface area contributed by atoms with E-state index in [2.05, 4.69) is 15.2 Å². The Labute approximate surface area is 209 Å². The lowest BCUT2D eigenvalue weighted by Gasteiger charge is -2.29. The van der Waals surface area contributed by atoms with Gasteiger partial charge in [0.25, 0.3) is 0 Å². The second-order valence-corrected chi connectivity index (χ2v) is 9.78. The molecule has 6 nitrogen and oxygen atoms in total. The van der Waals surface area contributed by atoms with Gasteiger partial charge in [-0.2, -0.15) is 13.2 Å². The van der Waals surface area contributed by atoms with Gasteiger partial charge in [-0.15, -0.1) is 0 Å². The number of nitrogens with one attached hydrogen (secondary N) is 2. The van der Waals surface area contributed by atoms with Gasteiger partial charge in [0.2, 0.25) is 5.91 Å². The lowest BCUT2D eigenvalue weighted by atomic mass is 10.0. The number of hydrogen-bond acceptors (Lipinski definition) is 4. The van der Waals surface area contributed by atoms with Gasteiger partial charge >= 0.3 is 6.18 Å². The number of rotatable bonds is 6. The number of alkyl halides is 3. The zero-order valence-corrected chi connectivity index (χ0v) is 20.2. The van der Waals surface area contributed by atoms with Gasteiger partial charge in [-0.1, -0.05) is 35.3 Å². The quantitative estimate of drug-likeness (QED) is 0.459. The summed E-state index contributed by atoms with van der Waals surface area (Å²) in [4.78, 5) is 22.3. The molecule has 11 heteroatoms. The normalized spacial score (nSPS) is 17.6. The molecule has 1 aliphatic carbocycles. The number of carbonyl (C=O) groups is 1. The Morgan fingerprint density at radius 3 is 2.57 bits per heavy atom. The highest BCUT2D eigenvalue weighted by Gasteiger charge is 2.68. The molecule has 186 valence electrons. The molecule has 5 rings (SSSR count). The lowest BCUT2D eigenvalue weighted by Crippen LogP contribution is -2.40. The summed E-state index contributed by atoms with van der Waals surface area (Å²) in [5.41, 5.74) is 1.63. The van der Waals surface area contributed by atoms with Crippen molar-refractivity contribution in [2.75, 3.05) is 31.2 Å². The van der Waals surface area contributed by atoms with Crippen LogP contribution in [0.1, 0.15) is 29.8 Å². The van der Waals surface area contributed by atoms with Crippen LogP contribution in [-0.2, 0) is 22.5 Å². The van der Waals surface area contributed by atoms with Gasteiger partial charge in [-0.05, 0) is 42.2 Å². The Kier molecular flexibility index (Phi) is 6.35. The van der Waals surface area contributed by atoms with Crippen LogP contribution in [0.15, 0.2) is 30.3 Å². The van der Waals surface area contributed by atoms with Crippen molar-refractivity contribution in [2.45, 2.75) is 32.0 Å². The van der Waals surface area contributed by atoms with E-state index < -0.39 is 17.5 Å². The number of fused-ring (bicyclic) bond motifs is 1. The molecule has 2 N–H and O–H groups in total. The summed E-state index contributed by atoms with van der Waals surface area (Å²) in [7, 11) is 0. The van der Waals surface area contributed by atoms with Crippen molar-refractivity contribution in [3.8, 4) is 0 Å². The largest absolute Gasteiger partial charge is 0.403 e. The van der Waals surface area contributed by atoms with E-state index in [0.29, 0.717) is 41.1 Å². The van der Waals surface area contributed by atoms with Gasteiger partial charge in [0.05, 0.1) is 35.0 Å². The van der Waals surface area contributed by atoms with Crippen LogP contribution in [0.2, 0.25) is 10.0 Å². The number of aromatic amines is 1. The summed E-state index contributed by atoms with van der Waals surface area (Å²) in [6, 6.07) is 8.93. The molecule has 0 unspecified atom stereocenters. The predicted molar refractivity (Wildman–Crippen MR) is 128 cm³/mol. The number of ether oxygens (including phenoxy) is 1. The predicted octanol–water partition coefficient (Wildman–Crippen LogP) is 5.26. The summed E-state index contributed by atoms with van der Waals surface area (Å²) in [6.07, 6.45) is -4.49. The zero-order chi connectivity index (χ0) is 24.8. The number of amides is 1. The van der Waals surface area contributed by atoms with Crippen molar-refractivity contribution in [1.82, 2.24) is 15.3 Å². The molecular weight excluding hydrogens is 504 g/mol. The van der Waals surface area contributed by atoms with Gasteiger partial charge in [-0.3, -0.25) is 4.79 Å². The molecule has 1 aromatic heterocycles. The average Bonchev–Trinajstić information content (AvgIpc) is 3.56. The number of aromatic nitrogens is 2. The van der Waals surface area contributed by atoms with Crippen LogP contribution in [0, 0.1) is 5.41 Å². The number of halogens is 5. The van der Waals surface area contributed by atoms with E-state index in [9.17, 15) is 18.0 Å². The maximum Gasteiger partial charge on any atom is 0.403 e. The maximum absolute atomic E-state index is 13.2. The molecule has 1 saturated heterocycles. The van der Waals surface area contributed by atoms with Crippen LogP contribution < -0.4 is 10.2 Å². The molecule has 2 aromatic carbocycles. The third kappa shape index (κ3) is 4.81. The Morgan fingerprint density at radius 1 is 1.14 bits per heavy atom. The Bertz CT molecular complexity index is 1270. The summed E-state index contributed by atoms with van der Waals surface area (Å²) in [6.45, 7) is 2.79. The van der Waals surface area contributed by atoms with Crippen molar-refractivity contribution in [3.63, 3.8) is 0 Å². The molecule has 2 fully saturated rings. The number of H-pyrrole nitrogens is 1. The van der Waals surface area contributed by atoms with Crippen LogP contribution >= 0.6 is 23.2 Å². The van der Waals surface area contributed by atoms with Crippen LogP contribution in [0.25, 0.3) is 11.0 Å². The SMILES string of the molecule is O=C(NCc1ccc(Cl)c(Cc2nc3cc(N4CCOCC4)c(Cl)cc3[nH]2)c1)C1(C(F)(F)F)CC1. The number of morpholine rings is 1. The van der Waals surface area contributed by atoms with E-state index in [0.717, 1.165) is 35.4 Å². The average molecular weight is 527 g/mol. The molecule has 2 heterocycles. The molecule has 0 spiro atoms. The second-order valence-electron chi connectivity index (χ2n) is 8.97. The highest BCUT2D eigenvalue weighted by atomic mass is 35.5. The van der Waals surface area contributed by atoms with Gasteiger partial charge in [0.1, 0.15) is 11.2 Å². The van der Waals surface area contributed by atoms with Gasteiger partial charge in [0, 0.05) is 31.1 Å². The first kappa shape index (κ1) is 24.2. The summed E-state index contributed by atoms with van der Waals surface area (Å²) >= 11 is 12.9. The number of hydrogen-bond donors (Lipinski definition) is 2. The number of benzene rings is 2. The number of carbonyl (C=O) groups excluding carboxylic acids is 1.